The van der Waals surface area contributed by atoms with Crippen LogP contribution in [0.1, 0.15) is 32.1 Å². The minimum absolute atomic E-state index is 0.339. The summed E-state index contributed by atoms with van der Waals surface area (Å²) >= 11 is 3.47. The Hall–Kier alpha value is -0.0900. The van der Waals surface area contributed by atoms with Crippen molar-refractivity contribution in [2.24, 2.45) is 5.92 Å². The molecule has 0 atom stereocenters. The maximum atomic E-state index is 12.3. The van der Waals surface area contributed by atoms with Gasteiger partial charge in [-0.2, -0.15) is 0 Å². The molecule has 2 fully saturated rings. The molecule has 1 aliphatic heterocycles. The Kier molecular flexibility index (Phi) is 5.29. The molecule has 0 aromatic rings. The van der Waals surface area contributed by atoms with E-state index in [1.54, 1.807) is 0 Å². The molecule has 0 aromatic carbocycles. The highest BCUT2D eigenvalue weighted by Crippen LogP contribution is 2.25. The highest BCUT2D eigenvalue weighted by Gasteiger charge is 2.28. The van der Waals surface area contributed by atoms with E-state index < -0.39 is 0 Å². The molecular formula is C13H23BrN2O. The van der Waals surface area contributed by atoms with Gasteiger partial charge in [0.25, 0.3) is 0 Å². The van der Waals surface area contributed by atoms with Crippen molar-refractivity contribution in [3.8, 4) is 0 Å². The van der Waals surface area contributed by atoms with Gasteiger partial charge in [-0.05, 0) is 12.8 Å². The molecular weight excluding hydrogens is 280 g/mol. The van der Waals surface area contributed by atoms with Crippen LogP contribution < -0.4 is 0 Å². The van der Waals surface area contributed by atoms with E-state index in [1.165, 1.54) is 19.3 Å². The molecule has 2 aliphatic rings. The van der Waals surface area contributed by atoms with Crippen LogP contribution in [-0.4, -0.2) is 53.8 Å². The average Bonchev–Trinajstić information content (AvgIpc) is 2.40. The second-order valence-corrected chi connectivity index (χ2v) is 5.98. The third kappa shape index (κ3) is 3.68. The van der Waals surface area contributed by atoms with Gasteiger partial charge in [-0.15, -0.1) is 0 Å². The zero-order chi connectivity index (χ0) is 12.1. The number of halogens is 1. The molecule has 1 aliphatic carbocycles. The van der Waals surface area contributed by atoms with E-state index >= 15 is 0 Å². The molecule has 3 nitrogen and oxygen atoms in total. The molecule has 4 heteroatoms. The van der Waals surface area contributed by atoms with Crippen molar-refractivity contribution in [2.45, 2.75) is 32.1 Å². The fourth-order valence-electron chi connectivity index (χ4n) is 2.92. The quantitative estimate of drug-likeness (QED) is 0.746. The van der Waals surface area contributed by atoms with Crippen LogP contribution in [0.2, 0.25) is 0 Å². The maximum absolute atomic E-state index is 12.3. The molecule has 2 rings (SSSR count). The number of amides is 1. The second-order valence-electron chi connectivity index (χ2n) is 5.19. The first kappa shape index (κ1) is 13.3. The van der Waals surface area contributed by atoms with Crippen LogP contribution in [-0.2, 0) is 4.79 Å². The first-order chi connectivity index (χ1) is 8.31. The number of alkyl halides is 1. The fourth-order valence-corrected chi connectivity index (χ4v) is 3.42. The molecule has 1 heterocycles. The molecule has 1 saturated heterocycles. The Morgan fingerprint density at radius 1 is 1.06 bits per heavy atom. The van der Waals surface area contributed by atoms with E-state index in [4.69, 9.17) is 0 Å². The summed E-state index contributed by atoms with van der Waals surface area (Å²) in [7, 11) is 0. The summed E-state index contributed by atoms with van der Waals surface area (Å²) in [6, 6.07) is 0. The molecule has 98 valence electrons. The Bertz CT molecular complexity index is 246. The van der Waals surface area contributed by atoms with Crippen molar-refractivity contribution < 1.29 is 4.79 Å². The van der Waals surface area contributed by atoms with Crippen molar-refractivity contribution in [3.05, 3.63) is 0 Å². The average molecular weight is 303 g/mol. The molecule has 1 saturated carbocycles. The van der Waals surface area contributed by atoms with Gasteiger partial charge in [-0.25, -0.2) is 0 Å². The van der Waals surface area contributed by atoms with Crippen LogP contribution in [0.3, 0.4) is 0 Å². The number of hydrogen-bond donors (Lipinski definition) is 0. The van der Waals surface area contributed by atoms with Crippen molar-refractivity contribution in [1.82, 2.24) is 9.80 Å². The molecule has 1 amide bonds. The normalized spacial score (nSPS) is 23.9. The molecule has 0 N–H and O–H groups in total. The van der Waals surface area contributed by atoms with Gasteiger partial charge >= 0.3 is 0 Å². The molecule has 0 unspecified atom stereocenters. The van der Waals surface area contributed by atoms with Crippen LogP contribution in [0.4, 0.5) is 0 Å². The Labute approximate surface area is 113 Å². The minimum Gasteiger partial charge on any atom is -0.340 e. The summed E-state index contributed by atoms with van der Waals surface area (Å²) in [5.74, 6) is 0.773. The third-order valence-corrected chi connectivity index (χ3v) is 4.39. The summed E-state index contributed by atoms with van der Waals surface area (Å²) in [5.41, 5.74) is 0. The first-order valence-electron chi connectivity index (χ1n) is 6.88. The Balaban J connectivity index is 1.77. The predicted molar refractivity (Wildman–Crippen MR) is 73.4 cm³/mol. The smallest absolute Gasteiger partial charge is 0.225 e. The van der Waals surface area contributed by atoms with Crippen LogP contribution in [0.15, 0.2) is 0 Å². The van der Waals surface area contributed by atoms with E-state index in [9.17, 15) is 4.79 Å². The molecule has 0 aromatic heterocycles. The summed E-state index contributed by atoms with van der Waals surface area (Å²) in [4.78, 5) is 16.8. The van der Waals surface area contributed by atoms with Gasteiger partial charge in [-0.3, -0.25) is 9.69 Å². The lowest BCUT2D eigenvalue weighted by molar-refractivity contribution is -0.138. The fraction of sp³-hybridized carbons (Fsp3) is 0.923. The lowest BCUT2D eigenvalue weighted by Crippen LogP contribution is -2.50. The van der Waals surface area contributed by atoms with Crippen molar-refractivity contribution >= 4 is 21.8 Å². The van der Waals surface area contributed by atoms with E-state index in [0.29, 0.717) is 11.8 Å². The first-order valence-corrected chi connectivity index (χ1v) is 8.00. The minimum atomic E-state index is 0.339. The third-order valence-electron chi connectivity index (χ3n) is 4.04. The van der Waals surface area contributed by atoms with Crippen molar-refractivity contribution in [1.29, 1.82) is 0 Å². The molecule has 0 bridgehead atoms. The van der Waals surface area contributed by atoms with Gasteiger partial charge < -0.3 is 4.90 Å². The van der Waals surface area contributed by atoms with E-state index in [1.807, 2.05) is 0 Å². The monoisotopic (exact) mass is 302 g/mol. The predicted octanol–water partition coefficient (Wildman–Crippen LogP) is 2.11. The molecule has 0 spiro atoms. The zero-order valence-electron chi connectivity index (χ0n) is 10.5. The summed E-state index contributed by atoms with van der Waals surface area (Å²) in [6.07, 6.45) is 6.07. The van der Waals surface area contributed by atoms with Gasteiger partial charge in [0.2, 0.25) is 5.91 Å². The van der Waals surface area contributed by atoms with Crippen molar-refractivity contribution in [3.63, 3.8) is 0 Å². The number of carbonyl (C=O) groups excluding carboxylic acids is 1. The number of rotatable bonds is 3. The van der Waals surface area contributed by atoms with Gasteiger partial charge in [0.15, 0.2) is 0 Å². The lowest BCUT2D eigenvalue weighted by atomic mass is 9.88. The summed E-state index contributed by atoms with van der Waals surface area (Å²) < 4.78 is 0. The summed E-state index contributed by atoms with van der Waals surface area (Å²) in [5, 5.41) is 1.03. The van der Waals surface area contributed by atoms with Crippen LogP contribution in [0, 0.1) is 5.92 Å². The van der Waals surface area contributed by atoms with E-state index in [0.717, 1.165) is 50.9 Å². The number of nitrogens with zero attached hydrogens (tertiary/aromatic N) is 2. The van der Waals surface area contributed by atoms with E-state index in [-0.39, 0.29) is 0 Å². The van der Waals surface area contributed by atoms with E-state index in [2.05, 4.69) is 25.7 Å². The Morgan fingerprint density at radius 3 is 2.29 bits per heavy atom. The van der Waals surface area contributed by atoms with Gasteiger partial charge in [-0.1, -0.05) is 35.2 Å². The molecule has 17 heavy (non-hydrogen) atoms. The van der Waals surface area contributed by atoms with Crippen molar-refractivity contribution in [2.75, 3.05) is 38.1 Å². The zero-order valence-corrected chi connectivity index (χ0v) is 12.1. The van der Waals surface area contributed by atoms with Crippen LogP contribution >= 0.6 is 15.9 Å². The highest BCUT2D eigenvalue weighted by molar-refractivity contribution is 9.09. The van der Waals surface area contributed by atoms with Gasteiger partial charge in [0.05, 0.1) is 0 Å². The highest BCUT2D eigenvalue weighted by atomic mass is 79.9. The number of piperazine rings is 1. The SMILES string of the molecule is O=C(C1CCCCC1)N1CCN(CCBr)CC1. The lowest BCUT2D eigenvalue weighted by Gasteiger charge is -2.36. The van der Waals surface area contributed by atoms with Gasteiger partial charge in [0.1, 0.15) is 0 Å². The number of carbonyl (C=O) groups is 1. The van der Waals surface area contributed by atoms with Gasteiger partial charge in [0, 0.05) is 44.0 Å². The summed E-state index contributed by atoms with van der Waals surface area (Å²) in [6.45, 7) is 5.06. The van der Waals surface area contributed by atoms with Crippen LogP contribution in [0.5, 0.6) is 0 Å². The largest absolute Gasteiger partial charge is 0.340 e. The molecule has 0 radical (unpaired) electrons. The van der Waals surface area contributed by atoms with Crippen LogP contribution in [0.25, 0.3) is 0 Å². The Morgan fingerprint density at radius 2 is 1.71 bits per heavy atom. The standard InChI is InChI=1S/C13H23BrN2O/c14-6-7-15-8-10-16(11-9-15)13(17)12-4-2-1-3-5-12/h12H,1-11H2. The topological polar surface area (TPSA) is 23.6 Å². The maximum Gasteiger partial charge on any atom is 0.225 e. The second kappa shape index (κ2) is 6.74. The number of hydrogen-bond acceptors (Lipinski definition) is 2.